The maximum Gasteiger partial charge on any atom is 0.229 e. The van der Waals surface area contributed by atoms with Crippen molar-refractivity contribution in [1.82, 2.24) is 14.4 Å². The third kappa shape index (κ3) is 4.04. The standard InChI is InChI=1S/C16H20ClFN6/c1-22(2)15-11-14(19-13-5-3-12(18)4-6-13)20-16(21-15)23-7-9-24(17)10-8-23/h3-6,11H,7-10H2,1-2H3,(H,19,20,21). The molecule has 1 aliphatic rings. The largest absolute Gasteiger partial charge is 0.363 e. The lowest BCUT2D eigenvalue weighted by molar-refractivity contribution is 0.413. The van der Waals surface area contributed by atoms with Crippen molar-refractivity contribution in [2.24, 2.45) is 0 Å². The van der Waals surface area contributed by atoms with Crippen LogP contribution in [0.4, 0.5) is 27.7 Å². The van der Waals surface area contributed by atoms with Gasteiger partial charge in [0.25, 0.3) is 0 Å². The van der Waals surface area contributed by atoms with Crippen molar-refractivity contribution in [3.05, 3.63) is 36.1 Å². The maximum atomic E-state index is 13.1. The summed E-state index contributed by atoms with van der Waals surface area (Å²) in [5, 5.41) is 3.21. The van der Waals surface area contributed by atoms with Crippen LogP contribution in [0.15, 0.2) is 30.3 Å². The minimum Gasteiger partial charge on any atom is -0.363 e. The van der Waals surface area contributed by atoms with Crippen LogP contribution in [-0.4, -0.2) is 54.7 Å². The Kier molecular flexibility index (Phi) is 5.01. The molecular formula is C16H20ClFN6. The number of aromatic nitrogens is 2. The lowest BCUT2D eigenvalue weighted by Gasteiger charge is -2.31. The molecule has 0 unspecified atom stereocenters. The first-order chi connectivity index (χ1) is 11.5. The van der Waals surface area contributed by atoms with Gasteiger partial charge in [0.1, 0.15) is 17.5 Å². The Hall–Kier alpha value is -2.12. The smallest absolute Gasteiger partial charge is 0.229 e. The predicted octanol–water partition coefficient (Wildman–Crippen LogP) is 2.70. The molecule has 0 spiro atoms. The fourth-order valence-corrected chi connectivity index (χ4v) is 2.57. The van der Waals surface area contributed by atoms with Gasteiger partial charge in [0.15, 0.2) is 0 Å². The number of halogens is 2. The zero-order valence-corrected chi connectivity index (χ0v) is 14.5. The highest BCUT2D eigenvalue weighted by atomic mass is 35.5. The number of hydrogen-bond donors (Lipinski definition) is 1. The number of nitrogens with one attached hydrogen (secondary N) is 1. The predicted molar refractivity (Wildman–Crippen MR) is 95.7 cm³/mol. The van der Waals surface area contributed by atoms with Gasteiger partial charge in [-0.1, -0.05) is 0 Å². The highest BCUT2D eigenvalue weighted by molar-refractivity contribution is 6.13. The Balaban J connectivity index is 1.86. The van der Waals surface area contributed by atoms with E-state index < -0.39 is 0 Å². The Labute approximate surface area is 146 Å². The molecule has 0 atom stereocenters. The molecule has 1 aliphatic heterocycles. The number of hydrogen-bond acceptors (Lipinski definition) is 6. The molecule has 3 rings (SSSR count). The Morgan fingerprint density at radius 3 is 2.38 bits per heavy atom. The molecule has 1 fully saturated rings. The topological polar surface area (TPSA) is 47.5 Å². The van der Waals surface area contributed by atoms with Crippen molar-refractivity contribution in [2.45, 2.75) is 0 Å². The van der Waals surface area contributed by atoms with E-state index in [0.29, 0.717) is 11.8 Å². The number of rotatable bonds is 4. The van der Waals surface area contributed by atoms with Gasteiger partial charge >= 0.3 is 0 Å². The average Bonchev–Trinajstić information content (AvgIpc) is 2.57. The van der Waals surface area contributed by atoms with Crippen molar-refractivity contribution in [3.8, 4) is 0 Å². The van der Waals surface area contributed by atoms with Gasteiger partial charge in [0, 0.05) is 52.0 Å². The van der Waals surface area contributed by atoms with Gasteiger partial charge in [-0.05, 0) is 36.0 Å². The van der Waals surface area contributed by atoms with E-state index in [1.54, 1.807) is 16.6 Å². The molecule has 6 nitrogen and oxygen atoms in total. The van der Waals surface area contributed by atoms with Crippen LogP contribution in [0.3, 0.4) is 0 Å². The summed E-state index contributed by atoms with van der Waals surface area (Å²) in [6.07, 6.45) is 0. The van der Waals surface area contributed by atoms with Gasteiger partial charge in [-0.15, -0.1) is 0 Å². The molecule has 24 heavy (non-hydrogen) atoms. The third-order valence-corrected chi connectivity index (χ3v) is 4.12. The lowest BCUT2D eigenvalue weighted by atomic mass is 10.3. The van der Waals surface area contributed by atoms with E-state index in [4.69, 9.17) is 11.8 Å². The number of nitrogens with zero attached hydrogens (tertiary/aromatic N) is 5. The van der Waals surface area contributed by atoms with E-state index in [1.165, 1.54) is 12.1 Å². The third-order valence-electron chi connectivity index (χ3n) is 3.78. The van der Waals surface area contributed by atoms with Crippen molar-refractivity contribution in [2.75, 3.05) is 55.4 Å². The van der Waals surface area contributed by atoms with Crippen LogP contribution >= 0.6 is 11.8 Å². The van der Waals surface area contributed by atoms with Gasteiger partial charge in [-0.25, -0.2) is 8.81 Å². The molecule has 0 amide bonds. The maximum absolute atomic E-state index is 13.1. The summed E-state index contributed by atoms with van der Waals surface area (Å²) in [7, 11) is 3.87. The number of benzene rings is 1. The fourth-order valence-electron chi connectivity index (χ4n) is 2.42. The zero-order chi connectivity index (χ0) is 17.1. The second-order valence-electron chi connectivity index (χ2n) is 5.83. The molecule has 0 radical (unpaired) electrons. The molecule has 2 aromatic rings. The van der Waals surface area contributed by atoms with Gasteiger partial charge < -0.3 is 15.1 Å². The van der Waals surface area contributed by atoms with Crippen molar-refractivity contribution >= 4 is 35.0 Å². The van der Waals surface area contributed by atoms with E-state index in [1.807, 2.05) is 25.1 Å². The summed E-state index contributed by atoms with van der Waals surface area (Å²) in [5.41, 5.74) is 0.774. The fraction of sp³-hybridized carbons (Fsp3) is 0.375. The monoisotopic (exact) mass is 350 g/mol. The van der Waals surface area contributed by atoms with Gasteiger partial charge in [-0.2, -0.15) is 9.97 Å². The lowest BCUT2D eigenvalue weighted by Crippen LogP contribution is -2.43. The van der Waals surface area contributed by atoms with Crippen LogP contribution in [0.1, 0.15) is 0 Å². The number of anilines is 4. The SMILES string of the molecule is CN(C)c1cc(Nc2ccc(F)cc2)nc(N2CCN(Cl)CC2)n1. The van der Waals surface area contributed by atoms with Gasteiger partial charge in [-0.3, -0.25) is 0 Å². The minimum absolute atomic E-state index is 0.267. The quantitative estimate of drug-likeness (QED) is 0.856. The first kappa shape index (κ1) is 16.7. The van der Waals surface area contributed by atoms with Crippen molar-refractivity contribution in [3.63, 3.8) is 0 Å². The van der Waals surface area contributed by atoms with Crippen molar-refractivity contribution in [1.29, 1.82) is 0 Å². The van der Waals surface area contributed by atoms with E-state index in [-0.39, 0.29) is 5.82 Å². The van der Waals surface area contributed by atoms with Crippen LogP contribution in [0.5, 0.6) is 0 Å². The summed E-state index contributed by atoms with van der Waals surface area (Å²) in [5.74, 6) is 1.87. The minimum atomic E-state index is -0.267. The second-order valence-corrected chi connectivity index (χ2v) is 6.31. The Morgan fingerprint density at radius 1 is 1.08 bits per heavy atom. The molecule has 0 bridgehead atoms. The summed E-state index contributed by atoms with van der Waals surface area (Å²) in [6.45, 7) is 3.07. The highest BCUT2D eigenvalue weighted by Crippen LogP contribution is 2.23. The summed E-state index contributed by atoms with van der Waals surface area (Å²) in [6, 6.07) is 8.05. The van der Waals surface area contributed by atoms with Crippen LogP contribution in [-0.2, 0) is 0 Å². The van der Waals surface area contributed by atoms with E-state index >= 15 is 0 Å². The van der Waals surface area contributed by atoms with Gasteiger partial charge in [0.2, 0.25) is 5.95 Å². The average molecular weight is 351 g/mol. The van der Waals surface area contributed by atoms with Crippen LogP contribution in [0, 0.1) is 5.82 Å². The summed E-state index contributed by atoms with van der Waals surface area (Å²) >= 11 is 6.02. The molecule has 8 heteroatoms. The molecule has 1 saturated heterocycles. The molecule has 1 aromatic carbocycles. The zero-order valence-electron chi connectivity index (χ0n) is 13.7. The molecule has 0 saturated carbocycles. The van der Waals surface area contributed by atoms with E-state index in [2.05, 4.69) is 20.2 Å². The molecule has 1 aromatic heterocycles. The summed E-state index contributed by atoms with van der Waals surface area (Å²) in [4.78, 5) is 13.3. The summed E-state index contributed by atoms with van der Waals surface area (Å²) < 4.78 is 14.8. The Morgan fingerprint density at radius 2 is 1.75 bits per heavy atom. The first-order valence-electron chi connectivity index (χ1n) is 7.76. The van der Waals surface area contributed by atoms with Crippen molar-refractivity contribution < 1.29 is 4.39 Å². The van der Waals surface area contributed by atoms with Crippen LogP contribution < -0.4 is 15.1 Å². The molecular weight excluding hydrogens is 331 g/mol. The normalized spacial score (nSPS) is 15.4. The van der Waals surface area contributed by atoms with Crippen LogP contribution in [0.25, 0.3) is 0 Å². The molecule has 128 valence electrons. The number of piperazine rings is 1. The molecule has 0 aliphatic carbocycles. The highest BCUT2D eigenvalue weighted by Gasteiger charge is 2.19. The van der Waals surface area contributed by atoms with E-state index in [0.717, 1.165) is 37.7 Å². The molecule has 1 N–H and O–H groups in total. The first-order valence-corrected chi connectivity index (χ1v) is 8.10. The Bertz CT molecular complexity index is 685. The van der Waals surface area contributed by atoms with Crippen LogP contribution in [0.2, 0.25) is 0 Å². The van der Waals surface area contributed by atoms with Gasteiger partial charge in [0.05, 0.1) is 0 Å². The second kappa shape index (κ2) is 7.19. The van der Waals surface area contributed by atoms with E-state index in [9.17, 15) is 4.39 Å². The molecule has 2 heterocycles.